The van der Waals surface area contributed by atoms with Crippen LogP contribution in [-0.2, 0) is 30.5 Å². The van der Waals surface area contributed by atoms with Gasteiger partial charge < -0.3 is 38.3 Å². The topological polar surface area (TPSA) is 108 Å². The van der Waals surface area contributed by atoms with E-state index in [1.165, 1.54) is 53.4 Å². The number of rotatable bonds is 5. The highest BCUT2D eigenvalue weighted by Gasteiger charge is 2.34. The van der Waals surface area contributed by atoms with Crippen LogP contribution in [-0.4, -0.2) is 76.5 Å². The van der Waals surface area contributed by atoms with Crippen molar-refractivity contribution in [3.05, 3.63) is 118 Å². The van der Waals surface area contributed by atoms with Crippen LogP contribution in [0, 0.1) is 0 Å². The summed E-state index contributed by atoms with van der Waals surface area (Å²) in [6.45, 7) is 3.19. The number of methoxy groups -OCH3 is 4. The van der Waals surface area contributed by atoms with Gasteiger partial charge in [0.15, 0.2) is 34.5 Å². The Hall–Kier alpha value is -5.91. The Labute approximate surface area is 334 Å². The Balaban J connectivity index is 0.000000391. The van der Waals surface area contributed by atoms with Gasteiger partial charge in [0.05, 0.1) is 28.4 Å². The molecule has 298 valence electrons. The summed E-state index contributed by atoms with van der Waals surface area (Å²) in [6.07, 6.45) is 3.37. The second-order valence-electron chi connectivity index (χ2n) is 14.5. The number of hydrogen-bond donors (Lipinski definition) is 1. The highest BCUT2D eigenvalue weighted by molar-refractivity contribution is 5.69. The van der Waals surface area contributed by atoms with Crippen LogP contribution in [0.4, 0.5) is 0 Å². The molecule has 0 radical (unpaired) electrons. The molecule has 0 saturated heterocycles. The van der Waals surface area contributed by atoms with Gasteiger partial charge in [-0.15, -0.1) is 0 Å². The molecule has 5 aromatic rings. The van der Waals surface area contributed by atoms with Crippen LogP contribution < -0.4 is 33.2 Å². The van der Waals surface area contributed by atoms with E-state index in [0.29, 0.717) is 46.0 Å². The summed E-state index contributed by atoms with van der Waals surface area (Å²) in [5, 5.41) is 8.85. The molecule has 6 bridgehead atoms. The summed E-state index contributed by atoms with van der Waals surface area (Å²) < 4.78 is 41.8. The van der Waals surface area contributed by atoms with E-state index in [0.717, 1.165) is 55.6 Å². The number of esters is 1. The van der Waals surface area contributed by atoms with E-state index in [9.17, 15) is 4.79 Å². The van der Waals surface area contributed by atoms with E-state index >= 15 is 0 Å². The Bertz CT molecular complexity index is 2220. The van der Waals surface area contributed by atoms with Crippen LogP contribution in [0.1, 0.15) is 52.4 Å². The highest BCUT2D eigenvalue weighted by Crippen LogP contribution is 2.52. The molecule has 0 saturated carbocycles. The maximum atomic E-state index is 10.4. The zero-order valence-corrected chi connectivity index (χ0v) is 33.6. The predicted molar refractivity (Wildman–Crippen MR) is 217 cm³/mol. The minimum Gasteiger partial charge on any atom is -0.508 e. The zero-order valence-electron chi connectivity index (χ0n) is 33.6. The van der Waals surface area contributed by atoms with E-state index in [-0.39, 0.29) is 23.8 Å². The van der Waals surface area contributed by atoms with E-state index in [4.69, 9.17) is 38.3 Å². The van der Waals surface area contributed by atoms with Gasteiger partial charge in [-0.25, -0.2) is 0 Å². The first-order chi connectivity index (χ1) is 27.6. The molecule has 2 atom stereocenters. The molecule has 0 aliphatic carbocycles. The fourth-order valence-electron chi connectivity index (χ4n) is 7.96. The van der Waals surface area contributed by atoms with E-state index in [2.05, 4.69) is 66.4 Å². The molecular formula is C46H50N2O9. The van der Waals surface area contributed by atoms with Crippen LogP contribution in [0.5, 0.6) is 57.5 Å². The molecule has 9 rings (SSSR count). The Kier molecular flexibility index (Phi) is 11.8. The third-order valence-electron chi connectivity index (χ3n) is 10.9. The van der Waals surface area contributed by atoms with Gasteiger partial charge in [-0.2, -0.15) is 0 Å². The first-order valence-corrected chi connectivity index (χ1v) is 19.1. The quantitative estimate of drug-likeness (QED) is 0.137. The molecule has 0 spiro atoms. The molecule has 4 aliphatic rings. The van der Waals surface area contributed by atoms with E-state index in [1.807, 2.05) is 18.2 Å². The number of carbonyl (C=O) groups excluding carboxylic acids is 1. The number of benzene rings is 5. The summed E-state index contributed by atoms with van der Waals surface area (Å²) in [5.41, 5.74) is 7.15. The van der Waals surface area contributed by atoms with Crippen LogP contribution in [0.3, 0.4) is 0 Å². The third-order valence-corrected chi connectivity index (χ3v) is 10.9. The largest absolute Gasteiger partial charge is 0.508 e. The van der Waals surface area contributed by atoms with E-state index < -0.39 is 0 Å². The lowest BCUT2D eigenvalue weighted by molar-refractivity contribution is -0.131. The van der Waals surface area contributed by atoms with Crippen molar-refractivity contribution >= 4 is 5.97 Å². The first-order valence-electron chi connectivity index (χ1n) is 19.1. The van der Waals surface area contributed by atoms with Gasteiger partial charge in [0.1, 0.15) is 17.2 Å². The van der Waals surface area contributed by atoms with Gasteiger partial charge in [-0.05, 0) is 134 Å². The van der Waals surface area contributed by atoms with Gasteiger partial charge in [-0.1, -0.05) is 18.2 Å². The van der Waals surface area contributed by atoms with Crippen molar-refractivity contribution in [2.75, 3.05) is 55.6 Å². The molecule has 11 heteroatoms. The highest BCUT2D eigenvalue weighted by atomic mass is 16.5. The first kappa shape index (κ1) is 39.3. The molecule has 1 N–H and O–H groups in total. The lowest BCUT2D eigenvalue weighted by Gasteiger charge is -2.37. The lowest BCUT2D eigenvalue weighted by atomic mass is 9.87. The van der Waals surface area contributed by atoms with Crippen molar-refractivity contribution in [2.24, 2.45) is 0 Å². The second kappa shape index (κ2) is 17.1. The summed E-state index contributed by atoms with van der Waals surface area (Å²) in [7, 11) is 11.1. The van der Waals surface area contributed by atoms with Crippen molar-refractivity contribution in [1.29, 1.82) is 0 Å². The molecule has 0 fully saturated rings. The standard InChI is InChI=1S/C38H42N2O6.C8H8O3/c1-39-15-13-25-20-32(42-4)34-22-28(25)29(39)17-23-7-10-27(11-8-23)45-33-19-24(9-12-31(33)41-3)18-30-36-26(14-16-40(30)2)21-35(43-5)37(44-6)38(36)46-34;1-6(9)11-8-4-2-7(10)3-5-8/h7-12,19-22,29-30H,13-18H2,1-6H3;2-5,10H,1H3. The van der Waals surface area contributed by atoms with Crippen molar-refractivity contribution in [3.8, 4) is 57.5 Å². The van der Waals surface area contributed by atoms with Gasteiger partial charge in [0.25, 0.3) is 0 Å². The summed E-state index contributed by atoms with van der Waals surface area (Å²) in [6, 6.07) is 27.2. The fourth-order valence-corrected chi connectivity index (χ4v) is 7.96. The minimum absolute atomic E-state index is 0.000437. The Morgan fingerprint density at radius 3 is 1.95 bits per heavy atom. The van der Waals surface area contributed by atoms with Crippen LogP contribution in [0.25, 0.3) is 0 Å². The van der Waals surface area contributed by atoms with Gasteiger partial charge in [0, 0.05) is 37.7 Å². The van der Waals surface area contributed by atoms with E-state index in [1.54, 1.807) is 28.4 Å². The molecule has 0 amide bonds. The molecule has 11 nitrogen and oxygen atoms in total. The molecule has 57 heavy (non-hydrogen) atoms. The number of phenols is 1. The summed E-state index contributed by atoms with van der Waals surface area (Å²) in [5.74, 6) is 5.64. The summed E-state index contributed by atoms with van der Waals surface area (Å²) >= 11 is 0. The number of carbonyl (C=O) groups is 1. The number of likely N-dealkylation sites (N-methyl/N-ethyl adjacent to an activating group) is 2. The van der Waals surface area contributed by atoms with Gasteiger partial charge in [-0.3, -0.25) is 14.6 Å². The maximum absolute atomic E-state index is 10.4. The third kappa shape index (κ3) is 8.45. The summed E-state index contributed by atoms with van der Waals surface area (Å²) in [4.78, 5) is 15.2. The molecular weight excluding hydrogens is 725 g/mol. The zero-order chi connectivity index (χ0) is 40.2. The van der Waals surface area contributed by atoms with Crippen molar-refractivity contribution in [1.82, 2.24) is 9.80 Å². The average Bonchev–Trinajstić information content (AvgIpc) is 3.21. The normalized spacial score (nSPS) is 17.2. The van der Waals surface area contributed by atoms with Crippen LogP contribution in [0.2, 0.25) is 0 Å². The maximum Gasteiger partial charge on any atom is 0.308 e. The van der Waals surface area contributed by atoms with Crippen molar-refractivity contribution < 1.29 is 43.1 Å². The number of ether oxygens (including phenoxy) is 7. The number of fused-ring (bicyclic) bond motifs is 2. The van der Waals surface area contributed by atoms with Crippen molar-refractivity contribution in [3.63, 3.8) is 0 Å². The van der Waals surface area contributed by atoms with Crippen molar-refractivity contribution in [2.45, 2.75) is 44.7 Å². The van der Waals surface area contributed by atoms with Gasteiger partial charge >= 0.3 is 5.97 Å². The number of aromatic hydroxyl groups is 1. The van der Waals surface area contributed by atoms with Crippen LogP contribution >= 0.6 is 0 Å². The monoisotopic (exact) mass is 774 g/mol. The number of nitrogens with zero attached hydrogens (tertiary/aromatic N) is 2. The fraction of sp³-hybridized carbons (Fsp3) is 0.326. The SMILES string of the molecule is CC(=O)Oc1ccc(O)cc1.COc1ccc2cc1Oc1ccc(cc1)CC1c3cc(c(OC)cc3CCN1C)Oc1c(OC)c(OC)cc3c1C(C2)N(C)CC3. The predicted octanol–water partition coefficient (Wildman–Crippen LogP) is 8.48. The molecule has 4 heterocycles. The lowest BCUT2D eigenvalue weighted by Crippen LogP contribution is -2.34. The molecule has 2 unspecified atom stereocenters. The second-order valence-corrected chi connectivity index (χ2v) is 14.5. The van der Waals surface area contributed by atoms with Crippen LogP contribution in [0.15, 0.2) is 84.9 Å². The number of phenolic OH excluding ortho intramolecular Hbond substituents is 1. The average molecular weight is 775 g/mol. The Morgan fingerprint density at radius 2 is 1.28 bits per heavy atom. The molecule has 0 aromatic heterocycles. The Morgan fingerprint density at radius 1 is 0.667 bits per heavy atom. The number of hydrogen-bond acceptors (Lipinski definition) is 11. The molecule has 5 aromatic carbocycles. The minimum atomic E-state index is -0.365. The molecule has 4 aliphatic heterocycles. The smallest absolute Gasteiger partial charge is 0.308 e. The van der Waals surface area contributed by atoms with Gasteiger partial charge in [0.2, 0.25) is 5.75 Å².